The van der Waals surface area contributed by atoms with Gasteiger partial charge in [-0.15, -0.1) is 0 Å². The fraction of sp³-hybridized carbons (Fsp3) is 0.562. The van der Waals surface area contributed by atoms with Crippen LogP contribution in [-0.2, 0) is 6.54 Å². The minimum atomic E-state index is 0.110. The van der Waals surface area contributed by atoms with E-state index >= 15 is 0 Å². The highest BCUT2D eigenvalue weighted by atomic mass is 16.5. The monoisotopic (exact) mass is 261 g/mol. The lowest BCUT2D eigenvalue weighted by molar-refractivity contribution is 0.101. The van der Waals surface area contributed by atoms with E-state index in [2.05, 4.69) is 11.8 Å². The summed E-state index contributed by atoms with van der Waals surface area (Å²) in [4.78, 5) is 14.0. The summed E-state index contributed by atoms with van der Waals surface area (Å²) in [5, 5.41) is 0. The van der Waals surface area contributed by atoms with Crippen molar-refractivity contribution in [2.45, 2.75) is 46.2 Å². The van der Waals surface area contributed by atoms with Crippen LogP contribution in [0.5, 0.6) is 5.75 Å². The van der Waals surface area contributed by atoms with Crippen molar-refractivity contribution in [2.24, 2.45) is 0 Å². The van der Waals surface area contributed by atoms with Gasteiger partial charge in [0.05, 0.1) is 6.61 Å². The number of benzene rings is 1. The van der Waals surface area contributed by atoms with Gasteiger partial charge in [-0.3, -0.25) is 9.69 Å². The number of nitrogens with zero attached hydrogens (tertiary/aromatic N) is 1. The zero-order chi connectivity index (χ0) is 13.8. The number of rotatable bonds is 7. The summed E-state index contributed by atoms with van der Waals surface area (Å²) in [7, 11) is 0. The zero-order valence-corrected chi connectivity index (χ0v) is 12.1. The van der Waals surface area contributed by atoms with Crippen molar-refractivity contribution in [1.29, 1.82) is 0 Å². The number of Topliss-reactive ketones (excluding diaryl/α,β-unsaturated/α-hetero) is 1. The minimum absolute atomic E-state index is 0.110. The fourth-order valence-corrected chi connectivity index (χ4v) is 2.38. The first kappa shape index (κ1) is 14.1. The van der Waals surface area contributed by atoms with E-state index in [0.29, 0.717) is 6.61 Å². The molecule has 3 nitrogen and oxygen atoms in total. The van der Waals surface area contributed by atoms with Crippen LogP contribution < -0.4 is 4.74 Å². The Kier molecular flexibility index (Phi) is 4.59. The molecule has 0 aromatic heterocycles. The van der Waals surface area contributed by atoms with Crippen LogP contribution in [0.25, 0.3) is 0 Å². The van der Waals surface area contributed by atoms with E-state index in [0.717, 1.165) is 36.0 Å². The van der Waals surface area contributed by atoms with Crippen LogP contribution in [0.4, 0.5) is 0 Å². The summed E-state index contributed by atoms with van der Waals surface area (Å²) in [5.74, 6) is 1.02. The maximum Gasteiger partial charge on any atom is 0.159 e. The maximum absolute atomic E-state index is 11.5. The molecule has 0 saturated heterocycles. The Balaban J connectivity index is 2.22. The Labute approximate surface area is 115 Å². The van der Waals surface area contributed by atoms with Crippen LogP contribution >= 0.6 is 0 Å². The largest absolute Gasteiger partial charge is 0.494 e. The average molecular weight is 261 g/mol. The van der Waals surface area contributed by atoms with Gasteiger partial charge < -0.3 is 4.74 Å². The van der Waals surface area contributed by atoms with Gasteiger partial charge in [-0.1, -0.05) is 6.92 Å². The summed E-state index contributed by atoms with van der Waals surface area (Å²) >= 11 is 0. The van der Waals surface area contributed by atoms with Gasteiger partial charge in [0.2, 0.25) is 0 Å². The molecule has 1 aromatic rings. The van der Waals surface area contributed by atoms with Gasteiger partial charge in [0.15, 0.2) is 5.78 Å². The molecule has 0 unspecified atom stereocenters. The molecule has 0 N–H and O–H groups in total. The zero-order valence-electron chi connectivity index (χ0n) is 12.1. The van der Waals surface area contributed by atoms with Crippen LogP contribution in [-0.4, -0.2) is 29.9 Å². The van der Waals surface area contributed by atoms with Crippen molar-refractivity contribution >= 4 is 5.78 Å². The smallest absolute Gasteiger partial charge is 0.159 e. The van der Waals surface area contributed by atoms with Gasteiger partial charge in [0.25, 0.3) is 0 Å². The predicted molar refractivity (Wildman–Crippen MR) is 76.7 cm³/mol. The highest BCUT2D eigenvalue weighted by Crippen LogP contribution is 2.30. The van der Waals surface area contributed by atoms with Crippen LogP contribution in [0, 0.1) is 0 Å². The van der Waals surface area contributed by atoms with E-state index in [1.54, 1.807) is 6.92 Å². The number of hydrogen-bond donors (Lipinski definition) is 0. The van der Waals surface area contributed by atoms with Gasteiger partial charge in [0, 0.05) is 23.7 Å². The van der Waals surface area contributed by atoms with Crippen molar-refractivity contribution < 1.29 is 9.53 Å². The topological polar surface area (TPSA) is 29.5 Å². The molecule has 2 rings (SSSR count). The number of carbonyl (C=O) groups is 1. The van der Waals surface area contributed by atoms with E-state index in [4.69, 9.17) is 4.74 Å². The second-order valence-electron chi connectivity index (χ2n) is 5.11. The fourth-order valence-electron chi connectivity index (χ4n) is 2.38. The molecule has 3 heteroatoms. The predicted octanol–water partition coefficient (Wildman–Crippen LogP) is 3.27. The molecule has 1 aromatic carbocycles. The maximum atomic E-state index is 11.5. The molecule has 19 heavy (non-hydrogen) atoms. The van der Waals surface area contributed by atoms with Crippen LogP contribution in [0.1, 0.15) is 49.5 Å². The molecule has 0 radical (unpaired) electrons. The third-order valence-electron chi connectivity index (χ3n) is 3.61. The molecule has 0 spiro atoms. The first-order chi connectivity index (χ1) is 9.15. The third kappa shape index (κ3) is 3.57. The molecular formula is C16H23NO2. The van der Waals surface area contributed by atoms with Crippen LogP contribution in [0.3, 0.4) is 0 Å². The molecule has 0 heterocycles. The number of hydrogen-bond acceptors (Lipinski definition) is 3. The van der Waals surface area contributed by atoms with E-state index in [-0.39, 0.29) is 5.78 Å². The Hall–Kier alpha value is -1.35. The van der Waals surface area contributed by atoms with Gasteiger partial charge in [0.1, 0.15) is 5.75 Å². The molecule has 1 aliphatic carbocycles. The van der Waals surface area contributed by atoms with Crippen molar-refractivity contribution in [1.82, 2.24) is 4.90 Å². The SMILES string of the molecule is CCOc1ccc(C(C)=O)cc1CN(CC)C1CC1. The highest BCUT2D eigenvalue weighted by molar-refractivity contribution is 5.94. The van der Waals surface area contributed by atoms with Gasteiger partial charge in [-0.25, -0.2) is 0 Å². The molecule has 0 aliphatic heterocycles. The van der Waals surface area contributed by atoms with E-state index in [1.807, 2.05) is 25.1 Å². The Morgan fingerprint density at radius 3 is 2.63 bits per heavy atom. The Bertz CT molecular complexity index is 452. The normalized spacial score (nSPS) is 14.7. The average Bonchev–Trinajstić information content (AvgIpc) is 3.22. The van der Waals surface area contributed by atoms with Crippen molar-refractivity contribution in [3.8, 4) is 5.75 Å². The Morgan fingerprint density at radius 1 is 1.37 bits per heavy atom. The Morgan fingerprint density at radius 2 is 2.11 bits per heavy atom. The van der Waals surface area contributed by atoms with Gasteiger partial charge in [-0.2, -0.15) is 0 Å². The second kappa shape index (κ2) is 6.20. The quantitative estimate of drug-likeness (QED) is 0.705. The van der Waals surface area contributed by atoms with E-state index < -0.39 is 0 Å². The number of ketones is 1. The molecule has 0 bridgehead atoms. The molecule has 104 valence electrons. The summed E-state index contributed by atoms with van der Waals surface area (Å²) < 4.78 is 5.68. The highest BCUT2D eigenvalue weighted by Gasteiger charge is 2.28. The molecule has 0 atom stereocenters. The summed E-state index contributed by atoms with van der Waals surface area (Å²) in [5.41, 5.74) is 1.90. The molecule has 0 amide bonds. The van der Waals surface area contributed by atoms with Crippen molar-refractivity contribution in [2.75, 3.05) is 13.2 Å². The molecule has 1 fully saturated rings. The minimum Gasteiger partial charge on any atom is -0.494 e. The number of ether oxygens (including phenoxy) is 1. The first-order valence-corrected chi connectivity index (χ1v) is 7.16. The summed E-state index contributed by atoms with van der Waals surface area (Å²) in [6.07, 6.45) is 2.59. The van der Waals surface area contributed by atoms with Crippen molar-refractivity contribution in [3.63, 3.8) is 0 Å². The van der Waals surface area contributed by atoms with Crippen LogP contribution in [0.15, 0.2) is 18.2 Å². The lowest BCUT2D eigenvalue weighted by Gasteiger charge is -2.21. The first-order valence-electron chi connectivity index (χ1n) is 7.16. The van der Waals surface area contributed by atoms with Crippen LogP contribution in [0.2, 0.25) is 0 Å². The van der Waals surface area contributed by atoms with E-state index in [9.17, 15) is 4.79 Å². The van der Waals surface area contributed by atoms with Crippen molar-refractivity contribution in [3.05, 3.63) is 29.3 Å². The lowest BCUT2D eigenvalue weighted by Crippen LogP contribution is -2.25. The standard InChI is InChI=1S/C16H23NO2/c1-4-17(15-7-8-15)11-14-10-13(12(3)18)6-9-16(14)19-5-2/h6,9-10,15H,4-5,7-8,11H2,1-3H3. The molecule has 1 aliphatic rings. The van der Waals surface area contributed by atoms with Gasteiger partial charge in [-0.05, 0) is 51.4 Å². The summed E-state index contributed by atoms with van der Waals surface area (Å²) in [6, 6.07) is 6.49. The lowest BCUT2D eigenvalue weighted by atomic mass is 10.1. The van der Waals surface area contributed by atoms with Gasteiger partial charge >= 0.3 is 0 Å². The molecular weight excluding hydrogens is 238 g/mol. The number of carbonyl (C=O) groups excluding carboxylic acids is 1. The molecule has 1 saturated carbocycles. The van der Waals surface area contributed by atoms with E-state index in [1.165, 1.54) is 12.8 Å². The second-order valence-corrected chi connectivity index (χ2v) is 5.11. The summed E-state index contributed by atoms with van der Waals surface area (Å²) in [6.45, 7) is 8.35. The third-order valence-corrected chi connectivity index (χ3v) is 3.61.